The molecule has 0 heterocycles. The van der Waals surface area contributed by atoms with Crippen LogP contribution < -0.4 is 4.74 Å². The van der Waals surface area contributed by atoms with Gasteiger partial charge < -0.3 is 9.84 Å². The Kier molecular flexibility index (Phi) is 7.72. The predicted molar refractivity (Wildman–Crippen MR) is 115 cm³/mol. The Balaban J connectivity index is 2.29. The highest BCUT2D eigenvalue weighted by Crippen LogP contribution is 2.43. The summed E-state index contributed by atoms with van der Waals surface area (Å²) in [6.07, 6.45) is 4.88. The minimum Gasteiger partial charge on any atom is -0.481 e. The Bertz CT molecular complexity index is 659. The molecule has 1 aliphatic rings. The number of rotatable bonds is 7. The number of carbonyl (C=O) groups is 2. The minimum absolute atomic E-state index is 0.0445. The van der Waals surface area contributed by atoms with Crippen LogP contribution in [0.5, 0.6) is 5.75 Å². The Morgan fingerprint density at radius 3 is 2.00 bits per heavy atom. The van der Waals surface area contributed by atoms with Crippen LogP contribution in [0.1, 0.15) is 95.6 Å². The Morgan fingerprint density at radius 1 is 1.04 bits per heavy atom. The van der Waals surface area contributed by atoms with Gasteiger partial charge in [0.2, 0.25) is 0 Å². The van der Waals surface area contributed by atoms with E-state index in [0.29, 0.717) is 5.75 Å². The number of aliphatic carboxylic acids is 1. The van der Waals surface area contributed by atoms with Crippen LogP contribution in [-0.4, -0.2) is 17.0 Å². The van der Waals surface area contributed by atoms with Gasteiger partial charge in [-0.25, -0.2) is 0 Å². The lowest BCUT2D eigenvalue weighted by molar-refractivity contribution is -0.143. The number of esters is 1. The van der Waals surface area contributed by atoms with E-state index in [0.717, 1.165) is 46.8 Å². The third kappa shape index (κ3) is 5.93. The molecule has 5 heteroatoms. The van der Waals surface area contributed by atoms with Crippen molar-refractivity contribution < 1.29 is 19.4 Å². The van der Waals surface area contributed by atoms with Crippen molar-refractivity contribution >= 4 is 34.5 Å². The molecule has 2 rings (SSSR count). The van der Waals surface area contributed by atoms with Crippen LogP contribution >= 0.6 is 22.6 Å². The number of carboxylic acid groups (broad SMARTS) is 1. The smallest absolute Gasteiger partial charge is 0.311 e. The number of halogens is 1. The van der Waals surface area contributed by atoms with Crippen molar-refractivity contribution in [1.29, 1.82) is 0 Å². The normalized spacial score (nSPS) is 16.6. The molecule has 0 atom stereocenters. The summed E-state index contributed by atoms with van der Waals surface area (Å²) in [5.74, 6) is 0.0184. The van der Waals surface area contributed by atoms with E-state index >= 15 is 0 Å². The van der Waals surface area contributed by atoms with Crippen molar-refractivity contribution in [3.05, 3.63) is 26.8 Å². The molecule has 1 saturated carbocycles. The first kappa shape index (κ1) is 22.2. The predicted octanol–water partition coefficient (Wildman–Crippen LogP) is 6.26. The second-order valence-corrected chi connectivity index (χ2v) is 9.75. The highest BCUT2D eigenvalue weighted by molar-refractivity contribution is 14.1. The molecule has 0 spiro atoms. The van der Waals surface area contributed by atoms with E-state index in [4.69, 9.17) is 4.74 Å². The molecule has 0 aromatic heterocycles. The fourth-order valence-corrected chi connectivity index (χ4v) is 4.78. The van der Waals surface area contributed by atoms with E-state index in [-0.39, 0.29) is 30.6 Å². The molecule has 1 aliphatic carbocycles. The molecule has 150 valence electrons. The highest BCUT2D eigenvalue weighted by Gasteiger charge is 2.37. The first-order valence-electron chi connectivity index (χ1n) is 9.89. The summed E-state index contributed by atoms with van der Waals surface area (Å²) in [5, 5.41) is 9.34. The van der Waals surface area contributed by atoms with E-state index in [1.807, 2.05) is 0 Å². The topological polar surface area (TPSA) is 63.6 Å². The van der Waals surface area contributed by atoms with Gasteiger partial charge in [-0.1, -0.05) is 47.0 Å². The summed E-state index contributed by atoms with van der Waals surface area (Å²) in [5.41, 5.74) is 1.62. The summed E-state index contributed by atoms with van der Waals surface area (Å²) >= 11 is 2.30. The van der Waals surface area contributed by atoms with Crippen molar-refractivity contribution in [1.82, 2.24) is 0 Å². The van der Waals surface area contributed by atoms with Crippen LogP contribution in [-0.2, 0) is 9.59 Å². The maximum Gasteiger partial charge on any atom is 0.311 e. The molecule has 1 fully saturated rings. The molecule has 0 saturated heterocycles. The van der Waals surface area contributed by atoms with Crippen molar-refractivity contribution in [2.24, 2.45) is 5.41 Å². The van der Waals surface area contributed by atoms with E-state index < -0.39 is 11.4 Å². The van der Waals surface area contributed by atoms with Gasteiger partial charge in [-0.3, -0.25) is 9.59 Å². The lowest BCUT2D eigenvalue weighted by atomic mass is 9.69. The highest BCUT2D eigenvalue weighted by atomic mass is 127. The van der Waals surface area contributed by atoms with E-state index in [2.05, 4.69) is 62.4 Å². The molecule has 1 aromatic rings. The van der Waals surface area contributed by atoms with Crippen LogP contribution in [0.4, 0.5) is 0 Å². The molecular weight excluding hydrogens is 455 g/mol. The minimum atomic E-state index is -0.829. The van der Waals surface area contributed by atoms with Gasteiger partial charge in [-0.2, -0.15) is 0 Å². The summed E-state index contributed by atoms with van der Waals surface area (Å²) in [4.78, 5) is 24.3. The molecule has 1 N–H and O–H groups in total. The second kappa shape index (κ2) is 9.39. The quantitative estimate of drug-likeness (QED) is 0.281. The molecule has 1 aromatic carbocycles. The number of benzene rings is 1. The first-order chi connectivity index (χ1) is 12.6. The fraction of sp³-hybridized carbons (Fsp3) is 0.636. The number of hydrogen-bond donors (Lipinski definition) is 1. The fourth-order valence-electron chi connectivity index (χ4n) is 4.11. The summed E-state index contributed by atoms with van der Waals surface area (Å²) < 4.78 is 7.06. The molecule has 0 bridgehead atoms. The van der Waals surface area contributed by atoms with Gasteiger partial charge in [0.15, 0.2) is 0 Å². The lowest BCUT2D eigenvalue weighted by Gasteiger charge is -2.35. The first-order valence-corrected chi connectivity index (χ1v) is 11.0. The Hall–Kier alpha value is -1.11. The van der Waals surface area contributed by atoms with Crippen molar-refractivity contribution in [3.8, 4) is 5.75 Å². The van der Waals surface area contributed by atoms with Gasteiger partial charge >= 0.3 is 11.9 Å². The summed E-state index contributed by atoms with van der Waals surface area (Å²) in [6.45, 7) is 8.39. The largest absolute Gasteiger partial charge is 0.481 e. The standard InChI is InChI=1S/C22H31IO4/c1-14(2)17-10-16(23)11-18(15(3)4)21(17)27-20(26)13-22(12-19(24)25)8-6-5-7-9-22/h10-11,14-15H,5-9,12-13H2,1-4H3,(H,24,25). The maximum atomic E-state index is 12.9. The number of ether oxygens (including phenoxy) is 1. The molecule has 0 radical (unpaired) electrons. The van der Waals surface area contributed by atoms with Gasteiger partial charge in [0.25, 0.3) is 0 Å². The molecule has 4 nitrogen and oxygen atoms in total. The zero-order chi connectivity index (χ0) is 20.2. The number of carbonyl (C=O) groups excluding carboxylic acids is 1. The monoisotopic (exact) mass is 486 g/mol. The summed E-state index contributed by atoms with van der Waals surface area (Å²) in [7, 11) is 0. The molecular formula is C22H31IO4. The third-order valence-corrected chi connectivity index (χ3v) is 6.15. The van der Waals surface area contributed by atoms with Crippen LogP contribution in [0, 0.1) is 8.99 Å². The average Bonchev–Trinajstić information content (AvgIpc) is 2.55. The SMILES string of the molecule is CC(C)c1cc(I)cc(C(C)C)c1OC(=O)CC1(CC(=O)O)CCCCC1. The van der Waals surface area contributed by atoms with E-state index in [9.17, 15) is 14.7 Å². The van der Waals surface area contributed by atoms with Crippen molar-refractivity contribution in [2.75, 3.05) is 0 Å². The Morgan fingerprint density at radius 2 is 1.56 bits per heavy atom. The van der Waals surface area contributed by atoms with Gasteiger partial charge in [-0.05, 0) is 75.9 Å². The second-order valence-electron chi connectivity index (χ2n) is 8.50. The van der Waals surface area contributed by atoms with Gasteiger partial charge in [0.05, 0.1) is 12.8 Å². The molecule has 0 amide bonds. The molecule has 0 unspecified atom stereocenters. The van der Waals surface area contributed by atoms with Gasteiger partial charge in [-0.15, -0.1) is 0 Å². The van der Waals surface area contributed by atoms with Gasteiger partial charge in [0.1, 0.15) is 5.75 Å². The van der Waals surface area contributed by atoms with E-state index in [1.54, 1.807) is 0 Å². The van der Waals surface area contributed by atoms with Crippen molar-refractivity contribution in [3.63, 3.8) is 0 Å². The van der Waals surface area contributed by atoms with Crippen molar-refractivity contribution in [2.45, 2.75) is 84.5 Å². The zero-order valence-electron chi connectivity index (χ0n) is 16.8. The number of carboxylic acids is 1. The van der Waals surface area contributed by atoms with Crippen LogP contribution in [0.2, 0.25) is 0 Å². The maximum absolute atomic E-state index is 12.9. The van der Waals surface area contributed by atoms with Gasteiger partial charge in [0, 0.05) is 3.57 Å². The van der Waals surface area contributed by atoms with Crippen LogP contribution in [0.15, 0.2) is 12.1 Å². The van der Waals surface area contributed by atoms with E-state index in [1.165, 1.54) is 0 Å². The molecule has 0 aliphatic heterocycles. The zero-order valence-corrected chi connectivity index (χ0v) is 19.0. The lowest BCUT2D eigenvalue weighted by Crippen LogP contribution is -2.32. The Labute approximate surface area is 176 Å². The summed E-state index contributed by atoms with van der Waals surface area (Å²) in [6, 6.07) is 4.15. The number of hydrogen-bond acceptors (Lipinski definition) is 3. The van der Waals surface area contributed by atoms with Crippen LogP contribution in [0.25, 0.3) is 0 Å². The third-order valence-electron chi connectivity index (χ3n) is 5.53. The average molecular weight is 486 g/mol. The molecule has 27 heavy (non-hydrogen) atoms. The van der Waals surface area contributed by atoms with Crippen LogP contribution in [0.3, 0.4) is 0 Å².